The summed E-state index contributed by atoms with van der Waals surface area (Å²) < 4.78 is 6.25. The maximum Gasteiger partial charge on any atom is 0.120 e. The first-order valence-corrected chi connectivity index (χ1v) is 5.84. The quantitative estimate of drug-likeness (QED) is 0.914. The summed E-state index contributed by atoms with van der Waals surface area (Å²) in [4.78, 5) is 0. The van der Waals surface area contributed by atoms with Crippen molar-refractivity contribution < 1.29 is 4.74 Å². The Morgan fingerprint density at radius 2 is 2.07 bits per heavy atom. The average molecular weight is 272 g/mol. The predicted molar refractivity (Wildman–Crippen MR) is 67.4 cm³/mol. The Labute approximate surface area is 99.9 Å². The molecule has 0 unspecified atom stereocenters. The molecule has 0 aliphatic carbocycles. The highest BCUT2D eigenvalue weighted by atomic mass is 79.9. The molecule has 2 N–H and O–H groups in total. The molecule has 0 aliphatic rings. The molecule has 15 heavy (non-hydrogen) atoms. The minimum atomic E-state index is 0.0971. The van der Waals surface area contributed by atoms with Crippen LogP contribution in [0.4, 0.5) is 0 Å². The third kappa shape index (κ3) is 2.95. The topological polar surface area (TPSA) is 35.2 Å². The second-order valence-electron chi connectivity index (χ2n) is 4.27. The van der Waals surface area contributed by atoms with Gasteiger partial charge in [-0.05, 0) is 36.1 Å². The zero-order valence-corrected chi connectivity index (χ0v) is 11.1. The fraction of sp³-hybridized carbons (Fsp3) is 0.500. The van der Waals surface area contributed by atoms with Gasteiger partial charge in [-0.25, -0.2) is 0 Å². The predicted octanol–water partition coefficient (Wildman–Crippen LogP) is 3.08. The molecular weight excluding hydrogens is 254 g/mol. The summed E-state index contributed by atoms with van der Waals surface area (Å²) in [5.41, 5.74) is 6.99. The number of halogens is 1. The van der Waals surface area contributed by atoms with Gasteiger partial charge in [-0.15, -0.1) is 0 Å². The van der Waals surface area contributed by atoms with E-state index < -0.39 is 0 Å². The Morgan fingerprint density at radius 3 is 2.53 bits per heavy atom. The van der Waals surface area contributed by atoms with Gasteiger partial charge >= 0.3 is 0 Å². The first-order valence-electron chi connectivity index (χ1n) is 5.05. The van der Waals surface area contributed by atoms with E-state index in [9.17, 15) is 0 Å². The average Bonchev–Trinajstić information content (AvgIpc) is 2.17. The molecule has 0 heterocycles. The van der Waals surface area contributed by atoms with Crippen LogP contribution in [0.5, 0.6) is 5.75 Å². The molecule has 2 nitrogen and oxygen atoms in total. The van der Waals surface area contributed by atoms with E-state index in [1.165, 1.54) is 5.56 Å². The van der Waals surface area contributed by atoms with Crippen LogP contribution in [-0.2, 0) is 5.41 Å². The normalized spacial score (nSPS) is 11.5. The van der Waals surface area contributed by atoms with Crippen molar-refractivity contribution in [3.05, 3.63) is 28.2 Å². The third-order valence-corrected chi connectivity index (χ3v) is 3.33. The molecule has 0 bridgehead atoms. The molecule has 0 aliphatic heterocycles. The zero-order chi connectivity index (χ0) is 11.5. The molecule has 0 aromatic heterocycles. The third-order valence-electron chi connectivity index (χ3n) is 2.67. The van der Waals surface area contributed by atoms with Crippen LogP contribution in [0.2, 0.25) is 0 Å². The van der Waals surface area contributed by atoms with Crippen LogP contribution < -0.4 is 10.5 Å². The van der Waals surface area contributed by atoms with Crippen molar-refractivity contribution >= 4 is 15.9 Å². The molecular formula is C12H18BrNO. The van der Waals surface area contributed by atoms with Crippen molar-refractivity contribution in [2.75, 3.05) is 13.7 Å². The van der Waals surface area contributed by atoms with E-state index in [0.717, 1.165) is 16.6 Å². The number of benzene rings is 1. The Balaban J connectivity index is 3.04. The summed E-state index contributed by atoms with van der Waals surface area (Å²) in [7, 11) is 1.67. The minimum Gasteiger partial charge on any atom is -0.497 e. The lowest BCUT2D eigenvalue weighted by Gasteiger charge is -2.26. The van der Waals surface area contributed by atoms with Crippen molar-refractivity contribution in [3.8, 4) is 5.75 Å². The van der Waals surface area contributed by atoms with Crippen molar-refractivity contribution in [3.63, 3.8) is 0 Å². The van der Waals surface area contributed by atoms with Crippen LogP contribution in [-0.4, -0.2) is 13.7 Å². The van der Waals surface area contributed by atoms with E-state index >= 15 is 0 Å². The van der Waals surface area contributed by atoms with Gasteiger partial charge in [-0.3, -0.25) is 0 Å². The summed E-state index contributed by atoms with van der Waals surface area (Å²) in [5.74, 6) is 0.870. The molecule has 0 spiro atoms. The highest BCUT2D eigenvalue weighted by molar-refractivity contribution is 9.10. The van der Waals surface area contributed by atoms with E-state index in [0.29, 0.717) is 6.54 Å². The molecule has 1 rings (SSSR count). The molecule has 1 aromatic rings. The molecule has 0 radical (unpaired) electrons. The van der Waals surface area contributed by atoms with E-state index in [-0.39, 0.29) is 5.41 Å². The van der Waals surface area contributed by atoms with Gasteiger partial charge in [0.15, 0.2) is 0 Å². The van der Waals surface area contributed by atoms with Crippen LogP contribution in [0.15, 0.2) is 22.7 Å². The molecule has 0 saturated heterocycles. The lowest BCUT2D eigenvalue weighted by atomic mass is 9.81. The molecule has 0 atom stereocenters. The number of hydrogen-bond acceptors (Lipinski definition) is 2. The largest absolute Gasteiger partial charge is 0.497 e. The number of rotatable bonds is 4. The van der Waals surface area contributed by atoms with Gasteiger partial charge in [0.1, 0.15) is 5.75 Å². The maximum atomic E-state index is 5.62. The lowest BCUT2D eigenvalue weighted by Crippen LogP contribution is -2.22. The Morgan fingerprint density at radius 1 is 1.40 bits per heavy atom. The van der Waals surface area contributed by atoms with Crippen LogP contribution in [0.25, 0.3) is 0 Å². The Bertz CT molecular complexity index is 336. The second kappa shape index (κ2) is 4.99. The maximum absolute atomic E-state index is 5.62. The molecule has 1 aromatic carbocycles. The SMILES string of the molecule is COc1ccc(C(C)(C)CCN)c(Br)c1. The highest BCUT2D eigenvalue weighted by Gasteiger charge is 2.22. The minimum absolute atomic E-state index is 0.0971. The monoisotopic (exact) mass is 271 g/mol. The van der Waals surface area contributed by atoms with Crippen LogP contribution >= 0.6 is 15.9 Å². The highest BCUT2D eigenvalue weighted by Crippen LogP contribution is 2.34. The van der Waals surface area contributed by atoms with Gasteiger partial charge in [-0.2, -0.15) is 0 Å². The van der Waals surface area contributed by atoms with Crippen molar-refractivity contribution in [1.82, 2.24) is 0 Å². The second-order valence-corrected chi connectivity index (χ2v) is 5.12. The lowest BCUT2D eigenvalue weighted by molar-refractivity contribution is 0.413. The molecule has 3 heteroatoms. The number of methoxy groups -OCH3 is 1. The van der Waals surface area contributed by atoms with Crippen molar-refractivity contribution in [2.45, 2.75) is 25.7 Å². The number of nitrogens with two attached hydrogens (primary N) is 1. The number of ether oxygens (including phenoxy) is 1. The molecule has 0 saturated carbocycles. The fourth-order valence-corrected chi connectivity index (χ4v) is 2.56. The van der Waals surface area contributed by atoms with E-state index in [4.69, 9.17) is 10.5 Å². The van der Waals surface area contributed by atoms with Gasteiger partial charge in [0.05, 0.1) is 7.11 Å². The summed E-state index contributed by atoms with van der Waals surface area (Å²) >= 11 is 3.57. The Hall–Kier alpha value is -0.540. The van der Waals surface area contributed by atoms with Gasteiger partial charge in [0.25, 0.3) is 0 Å². The summed E-state index contributed by atoms with van der Waals surface area (Å²) in [6.45, 7) is 5.10. The standard InChI is InChI=1S/C12H18BrNO/c1-12(2,6-7-14)10-5-4-9(15-3)8-11(10)13/h4-5,8H,6-7,14H2,1-3H3. The summed E-state index contributed by atoms with van der Waals surface area (Å²) in [6, 6.07) is 6.07. The first kappa shape index (κ1) is 12.5. The van der Waals surface area contributed by atoms with E-state index in [1.54, 1.807) is 7.11 Å². The molecule has 84 valence electrons. The molecule has 0 amide bonds. The van der Waals surface area contributed by atoms with Gasteiger partial charge in [0.2, 0.25) is 0 Å². The van der Waals surface area contributed by atoms with Crippen molar-refractivity contribution in [2.24, 2.45) is 5.73 Å². The zero-order valence-electron chi connectivity index (χ0n) is 9.51. The van der Waals surface area contributed by atoms with Crippen LogP contribution in [0, 0.1) is 0 Å². The molecule has 0 fully saturated rings. The van der Waals surface area contributed by atoms with Crippen LogP contribution in [0.1, 0.15) is 25.8 Å². The summed E-state index contributed by atoms with van der Waals surface area (Å²) in [5, 5.41) is 0. The fourth-order valence-electron chi connectivity index (χ4n) is 1.67. The van der Waals surface area contributed by atoms with Gasteiger partial charge in [0, 0.05) is 4.47 Å². The number of hydrogen-bond donors (Lipinski definition) is 1. The van der Waals surface area contributed by atoms with Gasteiger partial charge < -0.3 is 10.5 Å². The van der Waals surface area contributed by atoms with Gasteiger partial charge in [-0.1, -0.05) is 35.8 Å². The summed E-state index contributed by atoms with van der Waals surface area (Å²) in [6.07, 6.45) is 0.970. The first-order chi connectivity index (χ1) is 7.01. The van der Waals surface area contributed by atoms with Crippen molar-refractivity contribution in [1.29, 1.82) is 0 Å². The van der Waals surface area contributed by atoms with E-state index in [2.05, 4.69) is 35.8 Å². The smallest absolute Gasteiger partial charge is 0.120 e. The van der Waals surface area contributed by atoms with E-state index in [1.807, 2.05) is 12.1 Å². The van der Waals surface area contributed by atoms with Crippen LogP contribution in [0.3, 0.4) is 0 Å². The Kier molecular flexibility index (Phi) is 4.17.